The molecule has 2 aromatic rings. The zero-order valence-electron chi connectivity index (χ0n) is 16.3. The number of methoxy groups -OCH3 is 3. The summed E-state index contributed by atoms with van der Waals surface area (Å²) in [6.07, 6.45) is 2.89. The Hall–Kier alpha value is -3.06. The van der Waals surface area contributed by atoms with Gasteiger partial charge in [-0.25, -0.2) is 4.79 Å². The second-order valence-electron chi connectivity index (χ2n) is 5.99. The number of hydrogen-bond acceptors (Lipinski definition) is 7. The van der Waals surface area contributed by atoms with Gasteiger partial charge in [-0.2, -0.15) is 0 Å². The minimum atomic E-state index is -0.521. The van der Waals surface area contributed by atoms with Crippen LogP contribution in [0.5, 0.6) is 28.7 Å². The summed E-state index contributed by atoms with van der Waals surface area (Å²) in [6.45, 7) is 0.941. The van der Waals surface area contributed by atoms with Gasteiger partial charge in [0.25, 0.3) is 0 Å². The molecule has 2 aromatic carbocycles. The van der Waals surface area contributed by atoms with Crippen molar-refractivity contribution in [2.24, 2.45) is 0 Å². The van der Waals surface area contributed by atoms with Gasteiger partial charge in [0, 0.05) is 17.7 Å². The number of halogens is 1. The molecule has 0 unspecified atom stereocenters. The zero-order chi connectivity index (χ0) is 20.8. The predicted molar refractivity (Wildman–Crippen MR) is 107 cm³/mol. The zero-order valence-corrected chi connectivity index (χ0v) is 17.1. The lowest BCUT2D eigenvalue weighted by molar-refractivity contribution is -0.138. The molecule has 1 heterocycles. The van der Waals surface area contributed by atoms with E-state index < -0.39 is 5.97 Å². The van der Waals surface area contributed by atoms with Gasteiger partial charge in [0.2, 0.25) is 0 Å². The summed E-state index contributed by atoms with van der Waals surface area (Å²) in [4.78, 5) is 12.1. The first-order chi connectivity index (χ1) is 14.0. The summed E-state index contributed by atoms with van der Waals surface area (Å²) in [7, 11) is 4.60. The van der Waals surface area contributed by atoms with Crippen molar-refractivity contribution in [3.05, 3.63) is 46.5 Å². The van der Waals surface area contributed by atoms with Crippen molar-refractivity contribution in [2.45, 2.75) is 6.61 Å². The highest BCUT2D eigenvalue weighted by Crippen LogP contribution is 2.38. The first-order valence-corrected chi connectivity index (χ1v) is 9.16. The molecule has 154 valence electrons. The van der Waals surface area contributed by atoms with Crippen molar-refractivity contribution in [3.63, 3.8) is 0 Å². The van der Waals surface area contributed by atoms with Crippen molar-refractivity contribution < 1.29 is 33.2 Å². The summed E-state index contributed by atoms with van der Waals surface area (Å²) in [5.74, 6) is 2.11. The molecule has 0 saturated heterocycles. The number of hydrogen-bond donors (Lipinski definition) is 0. The molecule has 0 aromatic heterocycles. The van der Waals surface area contributed by atoms with E-state index in [2.05, 4.69) is 0 Å². The molecule has 0 radical (unpaired) electrons. The molecule has 1 aliphatic heterocycles. The minimum Gasteiger partial charge on any atom is -0.496 e. The number of esters is 1. The van der Waals surface area contributed by atoms with Crippen LogP contribution < -0.4 is 23.7 Å². The maximum Gasteiger partial charge on any atom is 0.331 e. The van der Waals surface area contributed by atoms with E-state index in [0.29, 0.717) is 58.1 Å². The number of carbonyl (C=O) groups is 1. The van der Waals surface area contributed by atoms with Crippen LogP contribution in [0.3, 0.4) is 0 Å². The lowest BCUT2D eigenvalue weighted by atomic mass is 10.1. The largest absolute Gasteiger partial charge is 0.496 e. The summed E-state index contributed by atoms with van der Waals surface area (Å²) in [5.41, 5.74) is 1.34. The Balaban J connectivity index is 1.68. The third-order valence-corrected chi connectivity index (χ3v) is 4.45. The number of benzene rings is 2. The lowest BCUT2D eigenvalue weighted by Crippen LogP contribution is -2.16. The molecule has 0 atom stereocenters. The maximum absolute atomic E-state index is 12.1. The Morgan fingerprint density at radius 2 is 1.69 bits per heavy atom. The number of rotatable bonds is 7. The molecule has 0 fully saturated rings. The molecule has 0 aliphatic carbocycles. The molecule has 29 heavy (non-hydrogen) atoms. The summed E-state index contributed by atoms with van der Waals surface area (Å²) < 4.78 is 32.2. The van der Waals surface area contributed by atoms with E-state index in [1.54, 1.807) is 30.3 Å². The molecule has 1 aliphatic rings. The van der Waals surface area contributed by atoms with Crippen LogP contribution >= 0.6 is 11.6 Å². The van der Waals surface area contributed by atoms with Crippen molar-refractivity contribution in [2.75, 3.05) is 34.5 Å². The van der Waals surface area contributed by atoms with Crippen LogP contribution in [-0.2, 0) is 16.1 Å². The third-order valence-electron chi connectivity index (χ3n) is 4.17. The fraction of sp³-hybridized carbons (Fsp3) is 0.286. The van der Waals surface area contributed by atoms with Crippen molar-refractivity contribution in [1.82, 2.24) is 0 Å². The fourth-order valence-electron chi connectivity index (χ4n) is 2.79. The molecule has 0 saturated carbocycles. The molecule has 0 bridgehead atoms. The van der Waals surface area contributed by atoms with Crippen LogP contribution in [0.4, 0.5) is 0 Å². The van der Waals surface area contributed by atoms with E-state index in [1.807, 2.05) is 0 Å². The van der Waals surface area contributed by atoms with Crippen molar-refractivity contribution >= 4 is 23.6 Å². The number of fused-ring (bicyclic) bond motifs is 1. The highest BCUT2D eigenvalue weighted by Gasteiger charge is 2.17. The van der Waals surface area contributed by atoms with Gasteiger partial charge in [-0.05, 0) is 29.8 Å². The van der Waals surface area contributed by atoms with Gasteiger partial charge in [-0.15, -0.1) is 0 Å². The monoisotopic (exact) mass is 420 g/mol. The minimum absolute atomic E-state index is 0.0442. The Kier molecular flexibility index (Phi) is 6.72. The van der Waals surface area contributed by atoms with Gasteiger partial charge in [0.15, 0.2) is 23.0 Å². The number of carbonyl (C=O) groups excluding carboxylic acids is 1. The van der Waals surface area contributed by atoms with Gasteiger partial charge in [-0.1, -0.05) is 11.6 Å². The average Bonchev–Trinajstić information content (AvgIpc) is 2.75. The molecule has 0 spiro atoms. The van der Waals surface area contributed by atoms with Gasteiger partial charge >= 0.3 is 5.97 Å². The summed E-state index contributed by atoms with van der Waals surface area (Å²) >= 11 is 6.20. The van der Waals surface area contributed by atoms with E-state index in [0.717, 1.165) is 0 Å². The first-order valence-electron chi connectivity index (χ1n) is 8.78. The normalized spacial score (nSPS) is 12.6. The van der Waals surface area contributed by atoms with Gasteiger partial charge < -0.3 is 28.4 Å². The highest BCUT2D eigenvalue weighted by atomic mass is 35.5. The highest BCUT2D eigenvalue weighted by molar-refractivity contribution is 6.32. The quantitative estimate of drug-likeness (QED) is 0.497. The summed E-state index contributed by atoms with van der Waals surface area (Å²) in [5, 5.41) is 0.416. The third kappa shape index (κ3) is 4.86. The molecule has 8 heteroatoms. The second-order valence-corrected chi connectivity index (χ2v) is 6.40. The Morgan fingerprint density at radius 1 is 1.00 bits per heavy atom. The number of ether oxygens (including phenoxy) is 6. The van der Waals surface area contributed by atoms with Crippen LogP contribution in [0.25, 0.3) is 6.08 Å². The van der Waals surface area contributed by atoms with E-state index in [9.17, 15) is 4.79 Å². The average molecular weight is 421 g/mol. The van der Waals surface area contributed by atoms with Crippen LogP contribution in [0.2, 0.25) is 5.02 Å². The van der Waals surface area contributed by atoms with Crippen LogP contribution in [0.1, 0.15) is 11.1 Å². The maximum atomic E-state index is 12.1. The van der Waals surface area contributed by atoms with Gasteiger partial charge in [0.05, 0.1) is 26.4 Å². The molecule has 7 nitrogen and oxygen atoms in total. The Labute approximate surface area is 173 Å². The second kappa shape index (κ2) is 9.43. The lowest BCUT2D eigenvalue weighted by Gasteiger charge is -2.20. The van der Waals surface area contributed by atoms with Gasteiger partial charge in [-0.3, -0.25) is 0 Å². The fourth-order valence-corrected chi connectivity index (χ4v) is 3.08. The van der Waals surface area contributed by atoms with Crippen LogP contribution in [-0.4, -0.2) is 40.5 Å². The molecule has 0 amide bonds. The van der Waals surface area contributed by atoms with E-state index >= 15 is 0 Å². The van der Waals surface area contributed by atoms with E-state index in [4.69, 9.17) is 40.0 Å². The Bertz CT molecular complexity index is 924. The van der Waals surface area contributed by atoms with Gasteiger partial charge in [0.1, 0.15) is 25.6 Å². The van der Waals surface area contributed by atoms with Crippen molar-refractivity contribution in [3.8, 4) is 28.7 Å². The molecular weight excluding hydrogens is 400 g/mol. The Morgan fingerprint density at radius 3 is 2.41 bits per heavy atom. The molecule has 0 N–H and O–H groups in total. The van der Waals surface area contributed by atoms with Crippen molar-refractivity contribution in [1.29, 1.82) is 0 Å². The molecule has 3 rings (SSSR count). The van der Waals surface area contributed by atoms with Crippen LogP contribution in [0, 0.1) is 0 Å². The molecular formula is C21H21ClO7. The standard InChI is InChI=1S/C21H21ClO7/c1-24-16-11-18(26-3)17(25-2)10-14(16)4-5-20(23)29-12-13-8-15(22)21-19(9-13)27-6-7-28-21/h4-5,8-11H,6-7,12H2,1-3H3/b5-4+. The van der Waals surface area contributed by atoms with Crippen LogP contribution in [0.15, 0.2) is 30.3 Å². The predicted octanol–water partition coefficient (Wildman–Crippen LogP) is 3.89. The first kappa shape index (κ1) is 20.7. The van der Waals surface area contributed by atoms with E-state index in [1.165, 1.54) is 27.4 Å². The topological polar surface area (TPSA) is 72.5 Å². The smallest absolute Gasteiger partial charge is 0.331 e. The SMILES string of the molecule is COc1cc(OC)c(OC)cc1/C=C/C(=O)OCc1cc(Cl)c2c(c1)OCCO2. The van der Waals surface area contributed by atoms with E-state index in [-0.39, 0.29) is 6.61 Å². The summed E-state index contributed by atoms with van der Waals surface area (Å²) in [6, 6.07) is 6.82.